The fourth-order valence-corrected chi connectivity index (χ4v) is 6.34. The summed E-state index contributed by atoms with van der Waals surface area (Å²) in [5.41, 5.74) is 19.9. The van der Waals surface area contributed by atoms with Gasteiger partial charge in [0.05, 0.1) is 29.3 Å². The van der Waals surface area contributed by atoms with Gasteiger partial charge in [-0.25, -0.2) is 4.85 Å². The number of rotatable bonds is 10. The number of carbonyl (C=O) groups excluding carboxylic acids is 2. The average Bonchev–Trinajstić information content (AvgIpc) is 3.97. The van der Waals surface area contributed by atoms with Gasteiger partial charge in [0.15, 0.2) is 34.6 Å². The number of aromatic carboxylic acids is 2. The molecule has 0 aliphatic rings. The number of azo groups is 2. The van der Waals surface area contributed by atoms with Crippen molar-refractivity contribution in [2.75, 3.05) is 17.2 Å². The van der Waals surface area contributed by atoms with Gasteiger partial charge in [0.2, 0.25) is 5.95 Å². The molecule has 5 heterocycles. The van der Waals surface area contributed by atoms with Crippen LogP contribution in [0.5, 0.6) is 0 Å². The second-order valence-electron chi connectivity index (χ2n) is 16.3. The van der Waals surface area contributed by atoms with Gasteiger partial charge in [-0.15, -0.1) is 43.7 Å². The minimum absolute atomic E-state index is 0. The Balaban J connectivity index is 0.00000315. The minimum Gasteiger partial charge on any atom is -0.559 e. The summed E-state index contributed by atoms with van der Waals surface area (Å²) in [6.07, 6.45) is 0. The van der Waals surface area contributed by atoms with E-state index in [1.807, 2.05) is 41.5 Å². The molecular weight excluding hydrogens is 993 g/mol. The Bertz CT molecular complexity index is 3040. The maximum Gasteiger partial charge on any atom is 1.00 e. The number of benzene rings is 2. The smallest absolute Gasteiger partial charge is 0.559 e. The van der Waals surface area contributed by atoms with E-state index in [0.29, 0.717) is 22.8 Å². The van der Waals surface area contributed by atoms with Crippen LogP contribution in [0.2, 0.25) is 0 Å². The Morgan fingerprint density at radius 1 is 0.667 bits per heavy atom. The summed E-state index contributed by atoms with van der Waals surface area (Å²) >= 11 is 0. The first-order valence-electron chi connectivity index (χ1n) is 19.2. The van der Waals surface area contributed by atoms with Crippen molar-refractivity contribution in [1.82, 2.24) is 54.1 Å². The molecule has 0 radical (unpaired) electrons. The summed E-state index contributed by atoms with van der Waals surface area (Å²) in [6.45, 7) is 22.2. The Labute approximate surface area is 564 Å². The number of nitrogen functional groups attached to an aromatic ring is 3. The number of carbonyl (C=O) groups is 2. The van der Waals surface area contributed by atoms with E-state index in [1.165, 1.54) is 55.1 Å². The van der Waals surface area contributed by atoms with Gasteiger partial charge in [0, 0.05) is 22.8 Å². The first-order valence-corrected chi connectivity index (χ1v) is 19.2. The van der Waals surface area contributed by atoms with Gasteiger partial charge in [-0.3, -0.25) is 9.36 Å². The predicted octanol–water partition coefficient (Wildman–Crippen LogP) is -7.83. The molecule has 5 aromatic heterocycles. The molecule has 0 saturated heterocycles. The third-order valence-corrected chi connectivity index (χ3v) is 9.48. The molecule has 69 heavy (non-hydrogen) atoms. The molecule has 0 fully saturated rings. The number of nitrogens with two attached hydrogens (primary N) is 3. The van der Waals surface area contributed by atoms with Crippen molar-refractivity contribution < 1.29 is 225 Å². The van der Waals surface area contributed by atoms with Crippen LogP contribution >= 0.6 is 0 Å². The second kappa shape index (κ2) is 24.4. The standard InChI is InChI=1S/C41H38N20O4.4K/c1-19-25(18-42)33(58(54-19)23-14-10-12-21(16-23)35(62)63)52-50-27-29(40(3,4)5)56-60(31(27)43)38-47-37(45)48-39(49-38)61-32(44)28(30(57-61)41(6,7)8)51-53-34-26(46-9)20(2)55-59(34)24-15-11-13-22(17-24)36(64)65;;;;/h12-17H,43-44H2,1-8H3,(H,62,63)(H,64,65)(H2,45,47,48,49);;;;/q-2;4*+1/p-2. The van der Waals surface area contributed by atoms with E-state index in [-0.39, 0.29) is 292 Å². The Hall–Kier alpha value is -2.64. The van der Waals surface area contributed by atoms with Crippen LogP contribution in [-0.4, -0.2) is 66.0 Å². The Morgan fingerprint density at radius 2 is 1.09 bits per heavy atom. The predicted molar refractivity (Wildman–Crippen MR) is 227 cm³/mol. The molecule has 6 N–H and O–H groups in total. The maximum atomic E-state index is 11.6. The van der Waals surface area contributed by atoms with Gasteiger partial charge in [-0.2, -0.15) is 86.4 Å². The quantitative estimate of drug-likeness (QED) is 0.0651. The van der Waals surface area contributed by atoms with Crippen LogP contribution in [-0.2, 0) is 10.8 Å². The number of carboxylic acid groups (broad SMARTS) is 2. The van der Waals surface area contributed by atoms with Crippen LogP contribution in [0, 0.1) is 43.9 Å². The number of aryl methyl sites for hydroxylation is 2. The van der Waals surface area contributed by atoms with E-state index in [9.17, 15) is 25.1 Å². The molecule has 7 aromatic rings. The minimum atomic E-state index is -1.43. The van der Waals surface area contributed by atoms with Gasteiger partial charge in [-0.05, 0) is 25.2 Å². The topological polar surface area (TPSA) is 346 Å². The van der Waals surface area contributed by atoms with Crippen molar-refractivity contribution in [3.8, 4) is 29.3 Å². The van der Waals surface area contributed by atoms with E-state index in [1.54, 1.807) is 13.8 Å². The molecular formula is C41H36K4N20O4. The van der Waals surface area contributed by atoms with Gasteiger partial charge < -0.3 is 37.0 Å². The van der Waals surface area contributed by atoms with Crippen LogP contribution in [0.25, 0.3) is 28.1 Å². The van der Waals surface area contributed by atoms with Gasteiger partial charge >= 0.3 is 206 Å². The summed E-state index contributed by atoms with van der Waals surface area (Å²) in [7, 11) is 0. The zero-order valence-electron chi connectivity index (χ0n) is 39.9. The zero-order chi connectivity index (χ0) is 47.3. The number of nitriles is 1. The van der Waals surface area contributed by atoms with E-state index in [0.717, 1.165) is 0 Å². The Kier molecular flexibility index (Phi) is 21.4. The first-order chi connectivity index (χ1) is 30.6. The monoisotopic (exact) mass is 1030 g/mol. The number of hydrogen-bond donors (Lipinski definition) is 3. The summed E-state index contributed by atoms with van der Waals surface area (Å²) in [6, 6.07) is 15.5. The van der Waals surface area contributed by atoms with E-state index in [2.05, 4.69) is 68.7 Å². The molecule has 328 valence electrons. The van der Waals surface area contributed by atoms with Crippen molar-refractivity contribution in [1.29, 1.82) is 5.26 Å². The van der Waals surface area contributed by atoms with Crippen molar-refractivity contribution in [3.05, 3.63) is 99.4 Å². The molecule has 0 unspecified atom stereocenters. The van der Waals surface area contributed by atoms with Crippen LogP contribution < -0.4 is 233 Å². The van der Waals surface area contributed by atoms with Crippen molar-refractivity contribution >= 4 is 58.2 Å². The van der Waals surface area contributed by atoms with E-state index in [4.69, 9.17) is 34.0 Å². The summed E-state index contributed by atoms with van der Waals surface area (Å²) in [5, 5.41) is 69.2. The van der Waals surface area contributed by atoms with Crippen molar-refractivity contribution in [3.63, 3.8) is 0 Å². The van der Waals surface area contributed by atoms with Crippen LogP contribution in [0.15, 0.2) is 56.9 Å². The molecule has 24 nitrogen and oxygen atoms in total. The molecule has 28 heteroatoms. The molecule has 0 spiro atoms. The van der Waals surface area contributed by atoms with Crippen LogP contribution in [0.4, 0.5) is 46.3 Å². The first kappa shape index (κ1) is 60.7. The van der Waals surface area contributed by atoms with Crippen LogP contribution in [0.3, 0.4) is 0 Å². The normalized spacial score (nSPS) is 11.3. The molecule has 0 amide bonds. The fourth-order valence-electron chi connectivity index (χ4n) is 6.34. The molecule has 0 aliphatic carbocycles. The van der Waals surface area contributed by atoms with E-state index < -0.39 is 22.8 Å². The number of anilines is 3. The maximum absolute atomic E-state index is 11.6. The van der Waals surface area contributed by atoms with Gasteiger partial charge in [-0.1, -0.05) is 41.5 Å². The van der Waals surface area contributed by atoms with Gasteiger partial charge in [0.1, 0.15) is 11.6 Å². The molecule has 0 aliphatic heterocycles. The summed E-state index contributed by atoms with van der Waals surface area (Å²) < 4.78 is 4.86. The molecule has 2 aromatic carbocycles. The zero-order valence-corrected chi connectivity index (χ0v) is 52.4. The van der Waals surface area contributed by atoms with Gasteiger partial charge in [0.25, 0.3) is 17.6 Å². The third-order valence-electron chi connectivity index (χ3n) is 9.48. The number of hydrogen-bond acceptors (Lipinski definition) is 19. The van der Waals surface area contributed by atoms with E-state index >= 15 is 0 Å². The number of aromatic nitrogens is 11. The Morgan fingerprint density at radius 3 is 1.49 bits per heavy atom. The molecule has 0 atom stereocenters. The van der Waals surface area contributed by atoms with Crippen LogP contribution in [0.1, 0.15) is 90.6 Å². The SMILES string of the molecule is [C-]#[N+]c1c(C)nn(-c2c[c-]cc(C(=O)[O-])c2)c1N=Nc1c(C(C)(C)C)nn(-c2nc(N)nc(-n3nc(C(C)(C)C)c(N=Nc4c(C#N)c(C)nn4-c4c[c-]cc(C(=O)[O-])c4)c3N)n2)c1N.[K+].[K+].[K+].[K+]. The summed E-state index contributed by atoms with van der Waals surface area (Å²) in [4.78, 5) is 40.0. The fraction of sp³-hybridized carbons (Fsp3) is 0.244. The second-order valence-corrected chi connectivity index (χ2v) is 16.3. The average molecular weight is 1030 g/mol. The number of nitrogens with zero attached hydrogens (tertiary/aromatic N) is 17. The largest absolute Gasteiger partial charge is 1.00 e. The molecule has 0 bridgehead atoms. The van der Waals surface area contributed by atoms with Crippen molar-refractivity contribution in [2.24, 2.45) is 20.5 Å². The van der Waals surface area contributed by atoms with Crippen molar-refractivity contribution in [2.45, 2.75) is 66.2 Å². The summed E-state index contributed by atoms with van der Waals surface area (Å²) in [5.74, 6) is -3.71. The molecule has 0 saturated carbocycles. The molecule has 7 rings (SSSR count). The number of carboxylic acids is 2. The third kappa shape index (κ3) is 12.8.